The number of aryl methyl sites for hydroxylation is 1. The molecule has 0 N–H and O–H groups in total. The maximum absolute atomic E-state index is 2.72. The second kappa shape index (κ2) is 13.7. The van der Waals surface area contributed by atoms with E-state index in [1.165, 1.54) is 56.5 Å². The van der Waals surface area contributed by atoms with Crippen molar-refractivity contribution in [3.63, 3.8) is 0 Å². The van der Waals surface area contributed by atoms with E-state index in [-0.39, 0.29) is 41.1 Å². The molecule has 4 aliphatic carbocycles. The summed E-state index contributed by atoms with van der Waals surface area (Å²) in [5, 5.41) is 0. The summed E-state index contributed by atoms with van der Waals surface area (Å²) in [6, 6.07) is 20.2. The Balaban J connectivity index is 0.00000243. The van der Waals surface area contributed by atoms with Gasteiger partial charge in [0.2, 0.25) is 0 Å². The van der Waals surface area contributed by atoms with Crippen molar-refractivity contribution in [3.8, 4) is 11.1 Å². The summed E-state index contributed by atoms with van der Waals surface area (Å²) < 4.78 is 3.94. The number of benzene rings is 3. The first-order valence-corrected chi connectivity index (χ1v) is 22.3. The van der Waals surface area contributed by atoms with Crippen LogP contribution in [-0.2, 0) is 32.1 Å². The maximum Gasteiger partial charge on any atom is -1.00 e. The fourth-order valence-electron chi connectivity index (χ4n) is 8.95. The molecule has 0 aliphatic heterocycles. The van der Waals surface area contributed by atoms with Gasteiger partial charge in [0.05, 0.1) is 0 Å². The average molecular weight is 783 g/mol. The van der Waals surface area contributed by atoms with Crippen LogP contribution in [0, 0.1) is 18.3 Å². The van der Waals surface area contributed by atoms with E-state index in [2.05, 4.69) is 156 Å². The maximum atomic E-state index is 2.72. The fraction of sp³-hybridized carbons (Fsp3) is 0.426. The second-order valence-electron chi connectivity index (χ2n) is 17.7. The zero-order valence-electron chi connectivity index (χ0n) is 32.5. The van der Waals surface area contributed by atoms with Crippen LogP contribution in [-0.4, -0.2) is 3.21 Å². The molecule has 7 rings (SSSR count). The predicted molar refractivity (Wildman–Crippen MR) is 207 cm³/mol. The molecule has 262 valence electrons. The summed E-state index contributed by atoms with van der Waals surface area (Å²) in [6.07, 6.45) is 13.7. The molecule has 3 heteroatoms. The van der Waals surface area contributed by atoms with Gasteiger partial charge >= 0.3 is 301 Å². The molecule has 0 saturated carbocycles. The Labute approximate surface area is 323 Å². The van der Waals surface area contributed by atoms with Crippen molar-refractivity contribution in [2.24, 2.45) is 11.3 Å². The van der Waals surface area contributed by atoms with Gasteiger partial charge in [-0.2, -0.15) is 0 Å². The molecule has 0 bridgehead atoms. The molecule has 0 heterocycles. The molecule has 0 fully saturated rings. The average Bonchev–Trinajstić information content (AvgIpc) is 3.60. The summed E-state index contributed by atoms with van der Waals surface area (Å²) in [6.45, 7) is 28.9. The van der Waals surface area contributed by atoms with Gasteiger partial charge in [-0.1, -0.05) is 0 Å². The van der Waals surface area contributed by atoms with E-state index >= 15 is 0 Å². The summed E-state index contributed by atoms with van der Waals surface area (Å²) in [7, 11) is 0. The van der Waals surface area contributed by atoms with E-state index in [4.69, 9.17) is 0 Å². The van der Waals surface area contributed by atoms with E-state index in [1.54, 1.807) is 28.7 Å². The minimum atomic E-state index is -2.70. The van der Waals surface area contributed by atoms with E-state index in [9.17, 15) is 0 Å². The summed E-state index contributed by atoms with van der Waals surface area (Å²) >= 11 is -2.70. The van der Waals surface area contributed by atoms with Gasteiger partial charge in [0.1, 0.15) is 0 Å². The number of fused-ring (bicyclic) bond motifs is 5. The van der Waals surface area contributed by atoms with Crippen molar-refractivity contribution in [3.05, 3.63) is 126 Å². The van der Waals surface area contributed by atoms with Crippen LogP contribution in [0.2, 0.25) is 0 Å². The van der Waals surface area contributed by atoms with Crippen LogP contribution in [0.15, 0.2) is 81.7 Å². The number of hydrogen-bond donors (Lipinski definition) is 0. The van der Waals surface area contributed by atoms with Gasteiger partial charge in [-0.25, -0.2) is 0 Å². The Bertz CT molecular complexity index is 1930. The Morgan fingerprint density at radius 1 is 0.740 bits per heavy atom. The van der Waals surface area contributed by atoms with Crippen molar-refractivity contribution in [1.29, 1.82) is 0 Å². The van der Waals surface area contributed by atoms with Gasteiger partial charge in [0, 0.05) is 0 Å². The third-order valence-corrected chi connectivity index (χ3v) is 20.8. The van der Waals surface area contributed by atoms with Crippen LogP contribution in [0.25, 0.3) is 22.3 Å². The summed E-state index contributed by atoms with van der Waals surface area (Å²) in [5.41, 5.74) is 19.9. The number of allylic oxidation sites excluding steroid dienone is 8. The van der Waals surface area contributed by atoms with Crippen molar-refractivity contribution in [2.75, 3.05) is 0 Å². The van der Waals surface area contributed by atoms with Crippen LogP contribution in [0.4, 0.5) is 0 Å². The number of hydrogen-bond acceptors (Lipinski definition) is 0. The topological polar surface area (TPSA) is 0 Å². The molecule has 3 aromatic rings. The monoisotopic (exact) mass is 780 g/mol. The van der Waals surface area contributed by atoms with E-state index in [0.29, 0.717) is 9.54 Å². The predicted octanol–water partition coefficient (Wildman–Crippen LogP) is 7.00. The van der Waals surface area contributed by atoms with Crippen LogP contribution >= 0.6 is 0 Å². The summed E-state index contributed by atoms with van der Waals surface area (Å²) in [5.74, 6) is 0.528. The van der Waals surface area contributed by atoms with Crippen molar-refractivity contribution in [1.82, 2.24) is 0 Å². The van der Waals surface area contributed by atoms with Gasteiger partial charge in [-0.3, -0.25) is 0 Å². The van der Waals surface area contributed by atoms with E-state index in [0.717, 1.165) is 12.8 Å². The van der Waals surface area contributed by atoms with Gasteiger partial charge in [0.25, 0.3) is 0 Å². The zero-order chi connectivity index (χ0) is 34.5. The standard InChI is InChI=1S/C27H29.C11H17.C9H10.2ClH.Zr/c1-16-7-9-26(3,4)24-12-18-11-19-13-25-21(17(2)8-10-27(25,5)6)15-23(19)22(18)14-20(16)24;1-5-9-6-7-10(8-9)11(2,3)4;1-3-9-6-4-8(2)5-7-9;;;/h7-8,11-15H,9-10H2,1-6H3;7-9H,5H2,1-4H3;4-7H,1-2H3;2*1H;/q;;;;;+2/p-2. The number of halogens is 2. The quantitative estimate of drug-likeness (QED) is 0.268. The molecule has 0 nitrogen and oxygen atoms in total. The van der Waals surface area contributed by atoms with Gasteiger partial charge in [-0.05, 0) is 0 Å². The van der Waals surface area contributed by atoms with Crippen LogP contribution in [0.3, 0.4) is 0 Å². The third-order valence-electron chi connectivity index (χ3n) is 12.3. The SMILES string of the molecule is CCC1C=C(C(C)(C)C)C=[C]1/[Zr+2](=[C](/C)c1ccc(C)cc1)[CH]1c2cc3c(cc2-c2cc4c(cc21)C(C)(C)CC=C4C)C(C)=CCC3(C)C.[Cl-].[Cl-]. The Hall–Kier alpha value is -2.05. The molecule has 0 radical (unpaired) electrons. The normalized spacial score (nSPS) is 20.1. The number of rotatable bonds is 4. The van der Waals surface area contributed by atoms with E-state index in [1.807, 2.05) is 0 Å². The van der Waals surface area contributed by atoms with Crippen LogP contribution in [0.5, 0.6) is 0 Å². The first-order chi connectivity index (χ1) is 22.5. The zero-order valence-corrected chi connectivity index (χ0v) is 36.4. The fourth-order valence-corrected chi connectivity index (χ4v) is 18.2. The molecule has 0 spiro atoms. The van der Waals surface area contributed by atoms with Crippen molar-refractivity contribution in [2.45, 2.75) is 117 Å². The smallest absolute Gasteiger partial charge is 1.00 e. The van der Waals surface area contributed by atoms with Crippen LogP contribution < -0.4 is 24.8 Å². The molecule has 50 heavy (non-hydrogen) atoms. The minimum Gasteiger partial charge on any atom is -1.00 e. The molecule has 4 aliphatic rings. The minimum absolute atomic E-state index is 0. The first-order valence-electron chi connectivity index (χ1n) is 18.5. The third kappa shape index (κ3) is 6.45. The van der Waals surface area contributed by atoms with Gasteiger partial charge in [0.15, 0.2) is 0 Å². The Morgan fingerprint density at radius 2 is 1.22 bits per heavy atom. The molecule has 0 saturated heterocycles. The van der Waals surface area contributed by atoms with E-state index < -0.39 is 21.3 Å². The Kier molecular flexibility index (Phi) is 10.8. The molecular formula is C47H56Cl2Zr. The van der Waals surface area contributed by atoms with Gasteiger partial charge in [-0.15, -0.1) is 0 Å². The second-order valence-corrected chi connectivity index (χ2v) is 24.5. The first kappa shape index (κ1) is 39.2. The molecular weight excluding hydrogens is 727 g/mol. The molecule has 1 atom stereocenters. The van der Waals surface area contributed by atoms with Crippen molar-refractivity contribution >= 4 is 14.4 Å². The summed E-state index contributed by atoms with van der Waals surface area (Å²) in [4.78, 5) is 0. The largest absolute Gasteiger partial charge is 1.00 e. The Morgan fingerprint density at radius 3 is 1.66 bits per heavy atom. The molecule has 0 amide bonds. The molecule has 3 aromatic carbocycles. The molecule has 1 unspecified atom stereocenters. The van der Waals surface area contributed by atoms with Gasteiger partial charge < -0.3 is 24.8 Å². The molecule has 0 aromatic heterocycles. The van der Waals surface area contributed by atoms with Crippen LogP contribution in [0.1, 0.15) is 144 Å². The van der Waals surface area contributed by atoms with Crippen molar-refractivity contribution < 1.29 is 46.1 Å².